The van der Waals surface area contributed by atoms with Crippen molar-refractivity contribution in [2.45, 2.75) is 13.8 Å². The predicted molar refractivity (Wildman–Crippen MR) is 136 cm³/mol. The van der Waals surface area contributed by atoms with Crippen molar-refractivity contribution in [3.05, 3.63) is 61.9 Å². The van der Waals surface area contributed by atoms with Gasteiger partial charge in [-0.3, -0.25) is 0 Å². The molecule has 0 N–H and O–H groups in total. The third-order valence-corrected chi connectivity index (χ3v) is 7.45. The van der Waals surface area contributed by atoms with E-state index in [1.165, 1.54) is 28.2 Å². The summed E-state index contributed by atoms with van der Waals surface area (Å²) in [5, 5.41) is 5.14. The molecule has 34 heavy (non-hydrogen) atoms. The molecule has 3 heterocycles. The molecule has 0 aliphatic heterocycles. The highest BCUT2D eigenvalue weighted by Crippen LogP contribution is 2.43. The molecule has 0 aliphatic rings. The summed E-state index contributed by atoms with van der Waals surface area (Å²) in [7, 11) is 1.69. The fourth-order valence-corrected chi connectivity index (χ4v) is 5.07. The molecular weight excluding hydrogens is 518 g/mol. The second kappa shape index (κ2) is 10.3. The van der Waals surface area contributed by atoms with Crippen LogP contribution in [-0.4, -0.2) is 37.8 Å². The lowest BCUT2D eigenvalue weighted by Gasteiger charge is -2.17. The van der Waals surface area contributed by atoms with Crippen LogP contribution in [0.15, 0.2) is 30.6 Å². The average Bonchev–Trinajstić information content (AvgIpc) is 3.33. The highest BCUT2D eigenvalue weighted by Gasteiger charge is 2.23. The van der Waals surface area contributed by atoms with Crippen molar-refractivity contribution in [1.82, 2.24) is 24.7 Å². The molecule has 0 bridgehead atoms. The van der Waals surface area contributed by atoms with Crippen LogP contribution in [0, 0.1) is 17.7 Å². The van der Waals surface area contributed by atoms with Gasteiger partial charge in [0.05, 0.1) is 35.9 Å². The molecule has 0 saturated heterocycles. The van der Waals surface area contributed by atoms with E-state index in [0.29, 0.717) is 37.1 Å². The fraction of sp³-hybridized carbons (Fsp3) is 0.217. The van der Waals surface area contributed by atoms with Gasteiger partial charge in [0.25, 0.3) is 0 Å². The standard InChI is InChI=1S/C23H18Cl3FN6S/c1-4-33(5-2)23-28-11-13(12-29-23)9-10-16-18(25)19(26)20(34-16)22-30-21(31-32(22)3)17-14(24)7-6-8-15(17)27/h6-8,11-12H,4-5H2,1-3H3. The number of nitrogens with zero attached hydrogens (tertiary/aromatic N) is 6. The SMILES string of the molecule is CCN(CC)c1ncc(C#Cc2sc(-c3nc(-c4c(F)cccc4Cl)nn3C)c(Cl)c2Cl)cn1. The van der Waals surface area contributed by atoms with Gasteiger partial charge in [0.1, 0.15) is 5.82 Å². The van der Waals surface area contributed by atoms with E-state index < -0.39 is 5.82 Å². The molecule has 6 nitrogen and oxygen atoms in total. The van der Waals surface area contributed by atoms with Crippen LogP contribution >= 0.6 is 46.1 Å². The van der Waals surface area contributed by atoms with Crippen LogP contribution in [0.2, 0.25) is 15.1 Å². The second-order valence-electron chi connectivity index (χ2n) is 7.06. The molecular formula is C23H18Cl3FN6S. The maximum absolute atomic E-state index is 14.3. The van der Waals surface area contributed by atoms with Crippen molar-refractivity contribution >= 4 is 52.1 Å². The first-order valence-electron chi connectivity index (χ1n) is 10.3. The van der Waals surface area contributed by atoms with Crippen LogP contribution in [0.1, 0.15) is 24.3 Å². The van der Waals surface area contributed by atoms with Crippen molar-refractivity contribution in [2.75, 3.05) is 18.0 Å². The van der Waals surface area contributed by atoms with Gasteiger partial charge < -0.3 is 4.90 Å². The number of rotatable bonds is 5. The van der Waals surface area contributed by atoms with Crippen LogP contribution in [0.4, 0.5) is 10.3 Å². The lowest BCUT2D eigenvalue weighted by molar-refractivity contribution is 0.629. The van der Waals surface area contributed by atoms with Gasteiger partial charge in [0, 0.05) is 32.5 Å². The summed E-state index contributed by atoms with van der Waals surface area (Å²) in [5.74, 6) is 6.77. The van der Waals surface area contributed by atoms with Crippen molar-refractivity contribution in [2.24, 2.45) is 7.05 Å². The van der Waals surface area contributed by atoms with Crippen molar-refractivity contribution in [1.29, 1.82) is 0 Å². The minimum Gasteiger partial charge on any atom is -0.341 e. The zero-order valence-electron chi connectivity index (χ0n) is 18.4. The van der Waals surface area contributed by atoms with Gasteiger partial charge in [-0.1, -0.05) is 46.8 Å². The van der Waals surface area contributed by atoms with Gasteiger partial charge in [-0.25, -0.2) is 24.0 Å². The third-order valence-electron chi connectivity index (χ3n) is 4.95. The zero-order valence-corrected chi connectivity index (χ0v) is 21.5. The van der Waals surface area contributed by atoms with Crippen LogP contribution in [0.5, 0.6) is 0 Å². The Hall–Kier alpha value is -2.70. The molecule has 0 aliphatic carbocycles. The molecule has 11 heteroatoms. The normalized spacial score (nSPS) is 10.8. The van der Waals surface area contributed by atoms with Gasteiger partial charge >= 0.3 is 0 Å². The van der Waals surface area contributed by atoms with Crippen LogP contribution < -0.4 is 4.90 Å². The van der Waals surface area contributed by atoms with Crippen molar-refractivity contribution in [3.63, 3.8) is 0 Å². The van der Waals surface area contributed by atoms with Gasteiger partial charge in [0.2, 0.25) is 5.95 Å². The first-order chi connectivity index (χ1) is 16.3. The first-order valence-corrected chi connectivity index (χ1v) is 12.2. The summed E-state index contributed by atoms with van der Waals surface area (Å²) in [4.78, 5) is 16.4. The second-order valence-corrected chi connectivity index (χ2v) is 9.25. The smallest absolute Gasteiger partial charge is 0.225 e. The van der Waals surface area contributed by atoms with Gasteiger partial charge in [0.15, 0.2) is 11.6 Å². The topological polar surface area (TPSA) is 59.7 Å². The van der Waals surface area contributed by atoms with Gasteiger partial charge in [-0.15, -0.1) is 11.3 Å². The monoisotopic (exact) mass is 534 g/mol. The number of aryl methyl sites for hydroxylation is 1. The highest BCUT2D eigenvalue weighted by molar-refractivity contribution is 7.17. The van der Waals surface area contributed by atoms with Crippen LogP contribution in [-0.2, 0) is 7.05 Å². The van der Waals surface area contributed by atoms with E-state index in [4.69, 9.17) is 34.8 Å². The molecule has 0 amide bonds. The van der Waals surface area contributed by atoms with Crippen molar-refractivity contribution in [3.8, 4) is 33.9 Å². The van der Waals surface area contributed by atoms with E-state index in [9.17, 15) is 4.39 Å². The molecule has 0 spiro atoms. The zero-order chi connectivity index (χ0) is 24.4. The van der Waals surface area contributed by atoms with E-state index in [1.807, 2.05) is 18.7 Å². The number of thiophene rings is 1. The summed E-state index contributed by atoms with van der Waals surface area (Å²) in [6, 6.07) is 4.41. The number of anilines is 1. The molecule has 1 aromatic carbocycles. The summed E-state index contributed by atoms with van der Waals surface area (Å²) in [6.45, 7) is 5.73. The largest absolute Gasteiger partial charge is 0.341 e. The maximum Gasteiger partial charge on any atom is 0.225 e. The predicted octanol–water partition coefficient (Wildman–Crippen LogP) is 6.35. The number of benzene rings is 1. The number of halogens is 4. The number of hydrogen-bond donors (Lipinski definition) is 0. The van der Waals surface area contributed by atoms with Crippen LogP contribution in [0.3, 0.4) is 0 Å². The average molecular weight is 536 g/mol. The van der Waals surface area contributed by atoms with Crippen LogP contribution in [0.25, 0.3) is 22.1 Å². The Morgan fingerprint density at radius 1 is 1.06 bits per heavy atom. The number of hydrogen-bond acceptors (Lipinski definition) is 6. The van der Waals surface area contributed by atoms with E-state index >= 15 is 0 Å². The first kappa shape index (κ1) is 24.4. The molecule has 3 aromatic heterocycles. The Morgan fingerprint density at radius 2 is 1.76 bits per heavy atom. The highest BCUT2D eigenvalue weighted by atomic mass is 35.5. The Labute approximate surface area is 215 Å². The Balaban J connectivity index is 1.66. The van der Waals surface area contributed by atoms with E-state index in [0.717, 1.165) is 13.1 Å². The Kier molecular flexibility index (Phi) is 7.39. The molecule has 0 saturated carbocycles. The molecule has 4 aromatic rings. The lowest BCUT2D eigenvalue weighted by Crippen LogP contribution is -2.23. The molecule has 0 atom stereocenters. The Morgan fingerprint density at radius 3 is 2.41 bits per heavy atom. The molecule has 0 fully saturated rings. The molecule has 4 rings (SSSR count). The minimum atomic E-state index is -0.513. The van der Waals surface area contributed by atoms with Gasteiger partial charge in [-0.2, -0.15) is 5.10 Å². The quantitative estimate of drug-likeness (QED) is 0.279. The summed E-state index contributed by atoms with van der Waals surface area (Å²) < 4.78 is 15.9. The number of aromatic nitrogens is 5. The molecule has 0 radical (unpaired) electrons. The lowest BCUT2D eigenvalue weighted by atomic mass is 10.2. The van der Waals surface area contributed by atoms with E-state index in [2.05, 4.69) is 31.9 Å². The molecule has 0 unspecified atom stereocenters. The fourth-order valence-electron chi connectivity index (χ4n) is 3.20. The third kappa shape index (κ3) is 4.75. The van der Waals surface area contributed by atoms with E-state index in [-0.39, 0.29) is 16.4 Å². The summed E-state index contributed by atoms with van der Waals surface area (Å²) >= 11 is 20.4. The Bertz CT molecular complexity index is 1380. The summed E-state index contributed by atoms with van der Waals surface area (Å²) in [5.41, 5.74) is 0.770. The molecule has 174 valence electrons. The minimum absolute atomic E-state index is 0.123. The maximum atomic E-state index is 14.3. The van der Waals surface area contributed by atoms with E-state index in [1.54, 1.807) is 25.5 Å². The summed E-state index contributed by atoms with van der Waals surface area (Å²) in [6.07, 6.45) is 3.34. The van der Waals surface area contributed by atoms with Crippen molar-refractivity contribution < 1.29 is 4.39 Å². The van der Waals surface area contributed by atoms with Gasteiger partial charge in [-0.05, 0) is 31.9 Å².